The van der Waals surface area contributed by atoms with Crippen molar-refractivity contribution in [3.05, 3.63) is 77.5 Å². The molecule has 0 spiro atoms. The molecule has 156 valence electrons. The minimum Gasteiger partial charge on any atom is -0.459 e. The molecule has 8 heteroatoms. The van der Waals surface area contributed by atoms with Gasteiger partial charge >= 0.3 is 0 Å². The summed E-state index contributed by atoms with van der Waals surface area (Å²) in [5.74, 6) is 0.759. The Bertz CT molecular complexity index is 1220. The van der Waals surface area contributed by atoms with Gasteiger partial charge in [0.2, 0.25) is 0 Å². The predicted molar refractivity (Wildman–Crippen MR) is 120 cm³/mol. The molecule has 0 bridgehead atoms. The number of anilines is 2. The van der Waals surface area contributed by atoms with Crippen LogP contribution in [0.25, 0.3) is 11.3 Å². The molecule has 7 nitrogen and oxygen atoms in total. The second-order valence-electron chi connectivity index (χ2n) is 7.32. The number of nitrogens with zero attached hydrogens (tertiary/aromatic N) is 2. The molecule has 0 saturated heterocycles. The van der Waals surface area contributed by atoms with Crippen LogP contribution in [0, 0.1) is 0 Å². The molecular weight excluding hydrogens is 412 g/mol. The minimum absolute atomic E-state index is 0.220. The normalized spacial score (nSPS) is 12.9. The molecule has 3 aromatic heterocycles. The van der Waals surface area contributed by atoms with Gasteiger partial charge in [-0.3, -0.25) is 9.59 Å². The Balaban J connectivity index is 1.28. The Kier molecular flexibility index (Phi) is 5.13. The number of thiophene rings is 1. The third-order valence-corrected chi connectivity index (χ3v) is 6.14. The summed E-state index contributed by atoms with van der Waals surface area (Å²) in [6.45, 7) is 1.01. The number of furan rings is 1. The molecule has 4 aromatic rings. The van der Waals surface area contributed by atoms with Crippen LogP contribution in [0.5, 0.6) is 0 Å². The average Bonchev–Trinajstić information content (AvgIpc) is 3.53. The summed E-state index contributed by atoms with van der Waals surface area (Å²) in [7, 11) is 0. The highest BCUT2D eigenvalue weighted by Gasteiger charge is 2.15. The monoisotopic (exact) mass is 432 g/mol. The van der Waals surface area contributed by atoms with Gasteiger partial charge in [-0.1, -0.05) is 12.1 Å². The van der Waals surface area contributed by atoms with Crippen molar-refractivity contribution in [1.82, 2.24) is 9.55 Å². The topological polar surface area (TPSA) is 89.2 Å². The van der Waals surface area contributed by atoms with Crippen molar-refractivity contribution < 1.29 is 14.0 Å². The van der Waals surface area contributed by atoms with Crippen molar-refractivity contribution >= 4 is 33.8 Å². The van der Waals surface area contributed by atoms with Gasteiger partial charge in [0.05, 0.1) is 21.8 Å². The second kappa shape index (κ2) is 8.23. The van der Waals surface area contributed by atoms with Crippen LogP contribution in [0.3, 0.4) is 0 Å². The quantitative estimate of drug-likeness (QED) is 0.462. The van der Waals surface area contributed by atoms with Crippen LogP contribution in [0.15, 0.2) is 65.4 Å². The van der Waals surface area contributed by atoms with E-state index in [1.165, 1.54) is 30.4 Å². The van der Waals surface area contributed by atoms with Crippen LogP contribution < -0.4 is 10.6 Å². The standard InChI is InChI=1S/C23H20N4O3S/c28-22(18-7-4-12-30-18)26-21-10-9-19(31-21)23(29)24-16-6-3-5-15(13-16)17-14-27-11-2-1-8-20(27)25-17/h3-7,9-10,12-14H,1-2,8,11H2,(H,24,29)(H,26,28). The van der Waals surface area contributed by atoms with E-state index in [-0.39, 0.29) is 17.6 Å². The number of benzene rings is 1. The van der Waals surface area contributed by atoms with Gasteiger partial charge in [-0.2, -0.15) is 0 Å². The smallest absolute Gasteiger partial charge is 0.291 e. The van der Waals surface area contributed by atoms with Crippen molar-refractivity contribution in [2.75, 3.05) is 10.6 Å². The van der Waals surface area contributed by atoms with E-state index in [9.17, 15) is 9.59 Å². The number of carbonyl (C=O) groups is 2. The first-order valence-electron chi connectivity index (χ1n) is 10.1. The highest BCUT2D eigenvalue weighted by atomic mass is 32.1. The number of nitrogens with one attached hydrogen (secondary N) is 2. The van der Waals surface area contributed by atoms with E-state index < -0.39 is 0 Å². The molecule has 1 aromatic carbocycles. The molecule has 0 unspecified atom stereocenters. The Morgan fingerprint density at radius 3 is 2.81 bits per heavy atom. The first kappa shape index (κ1) is 19.3. The first-order valence-corrected chi connectivity index (χ1v) is 10.9. The Morgan fingerprint density at radius 2 is 1.97 bits per heavy atom. The molecule has 1 aliphatic heterocycles. The Morgan fingerprint density at radius 1 is 1.03 bits per heavy atom. The van der Waals surface area contributed by atoms with E-state index in [1.807, 2.05) is 24.3 Å². The van der Waals surface area contributed by atoms with E-state index in [0.717, 1.165) is 30.0 Å². The number of fused-ring (bicyclic) bond motifs is 1. The van der Waals surface area contributed by atoms with Gasteiger partial charge in [-0.25, -0.2) is 4.98 Å². The minimum atomic E-state index is -0.353. The summed E-state index contributed by atoms with van der Waals surface area (Å²) in [4.78, 5) is 30.0. The molecule has 0 radical (unpaired) electrons. The lowest BCUT2D eigenvalue weighted by Crippen LogP contribution is -2.10. The fourth-order valence-corrected chi connectivity index (χ4v) is 4.41. The summed E-state index contributed by atoms with van der Waals surface area (Å²) in [6.07, 6.45) is 6.90. The van der Waals surface area contributed by atoms with Crippen LogP contribution in [-0.4, -0.2) is 21.4 Å². The van der Waals surface area contributed by atoms with Gasteiger partial charge in [-0.05, 0) is 49.2 Å². The van der Waals surface area contributed by atoms with Crippen molar-refractivity contribution in [2.45, 2.75) is 25.8 Å². The molecule has 0 saturated carbocycles. The van der Waals surface area contributed by atoms with Crippen molar-refractivity contribution in [1.29, 1.82) is 0 Å². The maximum atomic E-state index is 12.7. The predicted octanol–water partition coefficient (Wildman–Crippen LogP) is 5.05. The maximum Gasteiger partial charge on any atom is 0.291 e. The van der Waals surface area contributed by atoms with E-state index in [2.05, 4.69) is 21.4 Å². The molecular formula is C23H20N4O3S. The highest BCUT2D eigenvalue weighted by Crippen LogP contribution is 2.27. The van der Waals surface area contributed by atoms with E-state index in [0.29, 0.717) is 15.6 Å². The van der Waals surface area contributed by atoms with Crippen molar-refractivity contribution in [3.63, 3.8) is 0 Å². The van der Waals surface area contributed by atoms with E-state index in [4.69, 9.17) is 9.40 Å². The van der Waals surface area contributed by atoms with Crippen LogP contribution in [0.2, 0.25) is 0 Å². The average molecular weight is 433 g/mol. The molecule has 2 N–H and O–H groups in total. The number of imidazole rings is 1. The lowest BCUT2D eigenvalue weighted by atomic mass is 10.1. The summed E-state index contributed by atoms with van der Waals surface area (Å²) in [5, 5.41) is 6.24. The van der Waals surface area contributed by atoms with E-state index >= 15 is 0 Å². The summed E-state index contributed by atoms with van der Waals surface area (Å²) in [6, 6.07) is 14.3. The number of aryl methyl sites for hydroxylation is 2. The van der Waals surface area contributed by atoms with Crippen LogP contribution in [-0.2, 0) is 13.0 Å². The molecule has 0 fully saturated rings. The van der Waals surface area contributed by atoms with Crippen LogP contribution in [0.1, 0.15) is 38.9 Å². The lowest BCUT2D eigenvalue weighted by molar-refractivity contribution is 0.0995. The molecule has 0 aliphatic carbocycles. The number of hydrogen-bond acceptors (Lipinski definition) is 5. The number of carbonyl (C=O) groups excluding carboxylic acids is 2. The maximum absolute atomic E-state index is 12.7. The third-order valence-electron chi connectivity index (χ3n) is 5.14. The first-order chi connectivity index (χ1) is 15.2. The van der Waals surface area contributed by atoms with Crippen LogP contribution in [0.4, 0.5) is 10.7 Å². The molecule has 2 amide bonds. The third kappa shape index (κ3) is 4.15. The van der Waals surface area contributed by atoms with Crippen molar-refractivity contribution in [2.24, 2.45) is 0 Å². The Labute approximate surface area is 182 Å². The zero-order valence-corrected chi connectivity index (χ0v) is 17.4. The number of rotatable bonds is 5. The fraction of sp³-hybridized carbons (Fsp3) is 0.174. The SMILES string of the molecule is O=C(Nc1ccc(C(=O)Nc2cccc(-c3cn4c(n3)CCCC4)c2)s1)c1ccco1. The van der Waals surface area contributed by atoms with Crippen molar-refractivity contribution in [3.8, 4) is 11.3 Å². The zero-order valence-electron chi connectivity index (χ0n) is 16.6. The molecule has 31 heavy (non-hydrogen) atoms. The fourth-order valence-electron chi connectivity index (χ4n) is 3.61. The van der Waals surface area contributed by atoms with Gasteiger partial charge in [0.1, 0.15) is 5.82 Å². The van der Waals surface area contributed by atoms with Gasteiger partial charge in [0.15, 0.2) is 5.76 Å². The zero-order chi connectivity index (χ0) is 21.2. The van der Waals surface area contributed by atoms with Gasteiger partial charge in [0.25, 0.3) is 11.8 Å². The highest BCUT2D eigenvalue weighted by molar-refractivity contribution is 7.18. The Hall–Kier alpha value is -3.65. The summed E-state index contributed by atoms with van der Waals surface area (Å²) < 4.78 is 7.30. The summed E-state index contributed by atoms with van der Waals surface area (Å²) >= 11 is 1.20. The molecule has 4 heterocycles. The lowest BCUT2D eigenvalue weighted by Gasteiger charge is -2.11. The van der Waals surface area contributed by atoms with Crippen LogP contribution >= 0.6 is 11.3 Å². The number of aromatic nitrogens is 2. The molecule has 1 aliphatic rings. The number of amides is 2. The van der Waals surface area contributed by atoms with E-state index in [1.54, 1.807) is 24.3 Å². The molecule has 0 atom stereocenters. The largest absolute Gasteiger partial charge is 0.459 e. The van der Waals surface area contributed by atoms with Gasteiger partial charge in [0, 0.05) is 30.4 Å². The van der Waals surface area contributed by atoms with Gasteiger partial charge < -0.3 is 19.6 Å². The number of hydrogen-bond donors (Lipinski definition) is 2. The summed E-state index contributed by atoms with van der Waals surface area (Å²) in [5.41, 5.74) is 2.59. The second-order valence-corrected chi connectivity index (χ2v) is 8.41. The van der Waals surface area contributed by atoms with Gasteiger partial charge in [-0.15, -0.1) is 11.3 Å². The molecule has 5 rings (SSSR count).